The second kappa shape index (κ2) is 4.47. The van der Waals surface area contributed by atoms with Gasteiger partial charge in [-0.3, -0.25) is 4.79 Å². The maximum absolute atomic E-state index is 12.5. The van der Waals surface area contributed by atoms with Gasteiger partial charge in [0, 0.05) is 11.1 Å². The molecule has 2 amide bonds. The zero-order chi connectivity index (χ0) is 14.2. The highest BCUT2D eigenvalue weighted by Gasteiger charge is 2.55. The van der Waals surface area contributed by atoms with Crippen LogP contribution in [0.2, 0.25) is 0 Å². The van der Waals surface area contributed by atoms with E-state index >= 15 is 0 Å². The molecular formula is C15H12N2O3. The van der Waals surface area contributed by atoms with Gasteiger partial charge in [0.15, 0.2) is 0 Å². The van der Waals surface area contributed by atoms with E-state index in [4.69, 9.17) is 10.6 Å². The number of hydrogen-bond acceptors (Lipinski definition) is 4. The van der Waals surface area contributed by atoms with Crippen LogP contribution in [-0.2, 0) is 15.1 Å². The molecule has 0 aliphatic carbocycles. The van der Waals surface area contributed by atoms with Crippen LogP contribution in [0.4, 0.5) is 4.79 Å². The standard InChI is InChI=1S/C15H12N2O3/c16-17-13(18)15(20-14(17)19,11-7-3-1-4-8-11)12-9-5-2-6-10-12/h1-10H,16H2. The second-order valence-corrected chi connectivity index (χ2v) is 4.46. The molecule has 0 bridgehead atoms. The molecule has 0 atom stereocenters. The Labute approximate surface area is 115 Å². The molecule has 20 heavy (non-hydrogen) atoms. The zero-order valence-electron chi connectivity index (χ0n) is 10.5. The highest BCUT2D eigenvalue weighted by atomic mass is 16.6. The first kappa shape index (κ1) is 12.4. The molecule has 1 fully saturated rings. The van der Waals surface area contributed by atoms with Crippen molar-refractivity contribution in [2.45, 2.75) is 5.60 Å². The zero-order valence-corrected chi connectivity index (χ0v) is 10.5. The van der Waals surface area contributed by atoms with Gasteiger partial charge in [-0.25, -0.2) is 10.6 Å². The maximum atomic E-state index is 12.5. The third kappa shape index (κ3) is 1.60. The molecular weight excluding hydrogens is 256 g/mol. The van der Waals surface area contributed by atoms with Gasteiger partial charge >= 0.3 is 6.09 Å². The van der Waals surface area contributed by atoms with Crippen molar-refractivity contribution in [3.8, 4) is 0 Å². The van der Waals surface area contributed by atoms with Crippen LogP contribution < -0.4 is 5.84 Å². The second-order valence-electron chi connectivity index (χ2n) is 4.46. The number of carbonyl (C=O) groups excluding carboxylic acids is 2. The molecule has 2 aromatic carbocycles. The number of hydrazine groups is 1. The summed E-state index contributed by atoms with van der Waals surface area (Å²) in [7, 11) is 0. The van der Waals surface area contributed by atoms with Crippen LogP contribution in [0.15, 0.2) is 60.7 Å². The summed E-state index contributed by atoms with van der Waals surface area (Å²) in [6.45, 7) is 0. The number of hydrogen-bond donors (Lipinski definition) is 1. The third-order valence-electron chi connectivity index (χ3n) is 3.32. The molecule has 0 spiro atoms. The Bertz CT molecular complexity index is 616. The lowest BCUT2D eigenvalue weighted by Gasteiger charge is -2.25. The minimum absolute atomic E-state index is 0.514. The molecule has 0 saturated carbocycles. The number of nitrogens with zero attached hydrogens (tertiary/aromatic N) is 1. The van der Waals surface area contributed by atoms with Crippen LogP contribution in [0.3, 0.4) is 0 Å². The summed E-state index contributed by atoms with van der Waals surface area (Å²) in [6, 6.07) is 17.7. The molecule has 0 unspecified atom stereocenters. The Morgan fingerprint density at radius 2 is 1.30 bits per heavy atom. The van der Waals surface area contributed by atoms with Gasteiger partial charge in [-0.15, -0.1) is 0 Å². The third-order valence-corrected chi connectivity index (χ3v) is 3.32. The molecule has 0 radical (unpaired) electrons. The first-order valence-corrected chi connectivity index (χ1v) is 6.09. The molecule has 1 saturated heterocycles. The van der Waals surface area contributed by atoms with E-state index in [1.165, 1.54) is 0 Å². The van der Waals surface area contributed by atoms with Crippen molar-refractivity contribution in [1.82, 2.24) is 5.01 Å². The van der Waals surface area contributed by atoms with E-state index in [1.54, 1.807) is 48.5 Å². The Hall–Kier alpha value is -2.66. The summed E-state index contributed by atoms with van der Waals surface area (Å²) in [5, 5.41) is 0.514. The van der Waals surface area contributed by atoms with Crippen molar-refractivity contribution in [1.29, 1.82) is 0 Å². The van der Waals surface area contributed by atoms with Gasteiger partial charge in [-0.2, -0.15) is 5.01 Å². The molecule has 100 valence electrons. The SMILES string of the molecule is NN1C(=O)OC(c2ccccc2)(c2ccccc2)C1=O. The lowest BCUT2D eigenvalue weighted by molar-refractivity contribution is -0.134. The van der Waals surface area contributed by atoms with Crippen molar-refractivity contribution in [3.63, 3.8) is 0 Å². The predicted octanol–water partition coefficient (Wildman–Crippen LogP) is 1.78. The van der Waals surface area contributed by atoms with Crippen molar-refractivity contribution >= 4 is 12.0 Å². The van der Waals surface area contributed by atoms with E-state index in [-0.39, 0.29) is 0 Å². The van der Waals surface area contributed by atoms with Crippen LogP contribution in [0, 0.1) is 0 Å². The topological polar surface area (TPSA) is 72.6 Å². The van der Waals surface area contributed by atoms with E-state index in [9.17, 15) is 9.59 Å². The number of cyclic esters (lactones) is 1. The quantitative estimate of drug-likeness (QED) is 0.665. The van der Waals surface area contributed by atoms with E-state index in [2.05, 4.69) is 0 Å². The Morgan fingerprint density at radius 1 is 0.850 bits per heavy atom. The van der Waals surface area contributed by atoms with Crippen molar-refractivity contribution in [3.05, 3.63) is 71.8 Å². The molecule has 1 heterocycles. The number of rotatable bonds is 2. The first-order valence-electron chi connectivity index (χ1n) is 6.09. The molecule has 1 aliphatic rings. The fourth-order valence-electron chi connectivity index (χ4n) is 2.35. The number of amides is 2. The normalized spacial score (nSPS) is 17.1. The maximum Gasteiger partial charge on any atom is 0.433 e. The minimum atomic E-state index is -1.51. The van der Waals surface area contributed by atoms with Crippen molar-refractivity contribution in [2.75, 3.05) is 0 Å². The summed E-state index contributed by atoms with van der Waals surface area (Å²) in [5.41, 5.74) is -0.371. The average Bonchev–Trinajstić information content (AvgIpc) is 2.74. The number of ether oxygens (including phenoxy) is 1. The monoisotopic (exact) mass is 268 g/mol. The number of imide groups is 1. The molecule has 2 aromatic rings. The largest absolute Gasteiger partial charge is 0.433 e. The Kier molecular flexibility index (Phi) is 2.76. The van der Waals surface area contributed by atoms with Crippen molar-refractivity contribution < 1.29 is 14.3 Å². The summed E-state index contributed by atoms with van der Waals surface area (Å²) in [6.07, 6.45) is -0.859. The van der Waals surface area contributed by atoms with Crippen molar-refractivity contribution in [2.24, 2.45) is 5.84 Å². The summed E-state index contributed by atoms with van der Waals surface area (Å²) >= 11 is 0. The Morgan fingerprint density at radius 3 is 1.65 bits per heavy atom. The van der Waals surface area contributed by atoms with Crippen LogP contribution >= 0.6 is 0 Å². The van der Waals surface area contributed by atoms with Crippen LogP contribution in [0.5, 0.6) is 0 Å². The molecule has 5 heteroatoms. The lowest BCUT2D eigenvalue weighted by atomic mass is 9.86. The van der Waals surface area contributed by atoms with Gasteiger partial charge in [0.05, 0.1) is 0 Å². The minimum Gasteiger partial charge on any atom is -0.421 e. The summed E-state index contributed by atoms with van der Waals surface area (Å²) < 4.78 is 5.36. The van der Waals surface area contributed by atoms with Crippen LogP contribution in [0.1, 0.15) is 11.1 Å². The van der Waals surface area contributed by atoms with Gasteiger partial charge in [-0.05, 0) is 0 Å². The fraction of sp³-hybridized carbons (Fsp3) is 0.0667. The first-order chi connectivity index (χ1) is 9.66. The molecule has 5 nitrogen and oxygen atoms in total. The van der Waals surface area contributed by atoms with Gasteiger partial charge in [0.2, 0.25) is 5.60 Å². The van der Waals surface area contributed by atoms with E-state index in [0.717, 1.165) is 0 Å². The molecule has 2 N–H and O–H groups in total. The van der Waals surface area contributed by atoms with Gasteiger partial charge in [0.25, 0.3) is 5.91 Å². The highest BCUT2D eigenvalue weighted by Crippen LogP contribution is 2.39. The lowest BCUT2D eigenvalue weighted by Crippen LogP contribution is -2.43. The van der Waals surface area contributed by atoms with Gasteiger partial charge < -0.3 is 4.74 Å². The van der Waals surface area contributed by atoms with E-state index in [0.29, 0.717) is 16.1 Å². The van der Waals surface area contributed by atoms with Gasteiger partial charge in [-0.1, -0.05) is 60.7 Å². The molecule has 3 rings (SSSR count). The fourth-order valence-corrected chi connectivity index (χ4v) is 2.35. The van der Waals surface area contributed by atoms with E-state index < -0.39 is 17.6 Å². The molecule has 0 aromatic heterocycles. The molecule has 1 aliphatic heterocycles. The van der Waals surface area contributed by atoms with Crippen LogP contribution in [-0.4, -0.2) is 17.0 Å². The highest BCUT2D eigenvalue weighted by molar-refractivity contribution is 6.05. The predicted molar refractivity (Wildman–Crippen MR) is 71.2 cm³/mol. The van der Waals surface area contributed by atoms with E-state index in [1.807, 2.05) is 12.1 Å². The Balaban J connectivity index is 2.25. The van der Waals surface area contributed by atoms with Crippen LogP contribution in [0.25, 0.3) is 0 Å². The van der Waals surface area contributed by atoms with Gasteiger partial charge in [0.1, 0.15) is 0 Å². The number of carbonyl (C=O) groups is 2. The summed E-state index contributed by atoms with van der Waals surface area (Å²) in [5.74, 6) is 4.88. The average molecular weight is 268 g/mol. The number of nitrogens with two attached hydrogens (primary N) is 1. The number of benzene rings is 2. The summed E-state index contributed by atoms with van der Waals surface area (Å²) in [4.78, 5) is 24.2. The smallest absolute Gasteiger partial charge is 0.421 e.